The van der Waals surface area contributed by atoms with Gasteiger partial charge in [0.25, 0.3) is 0 Å². The Bertz CT molecular complexity index is 538. The van der Waals surface area contributed by atoms with Gasteiger partial charge in [-0.1, -0.05) is 12.1 Å². The molecule has 0 amide bonds. The number of hydrogen-bond acceptors (Lipinski definition) is 4. The highest BCUT2D eigenvalue weighted by molar-refractivity contribution is 5.79. The molecule has 0 aliphatic carbocycles. The Hall–Kier alpha value is -1.70. The van der Waals surface area contributed by atoms with Gasteiger partial charge in [-0.05, 0) is 45.3 Å². The largest absolute Gasteiger partial charge is 0.385 e. The van der Waals surface area contributed by atoms with E-state index in [2.05, 4.69) is 32.5 Å². The molecule has 1 unspecified atom stereocenters. The summed E-state index contributed by atoms with van der Waals surface area (Å²) >= 11 is 0. The maximum absolute atomic E-state index is 13.5. The third-order valence-electron chi connectivity index (χ3n) is 4.22. The van der Waals surface area contributed by atoms with Crippen LogP contribution in [-0.4, -0.2) is 83.8 Å². The first kappa shape index (κ1) is 22.3. The van der Waals surface area contributed by atoms with Crippen LogP contribution in [0.25, 0.3) is 0 Å². The van der Waals surface area contributed by atoms with E-state index in [1.165, 1.54) is 6.07 Å². The third-order valence-corrected chi connectivity index (χ3v) is 4.22. The lowest BCUT2D eigenvalue weighted by atomic mass is 10.1. The van der Waals surface area contributed by atoms with Crippen molar-refractivity contribution < 1.29 is 9.13 Å². The number of ether oxygens (including phenoxy) is 1. The molecular weight excluding hydrogens is 333 g/mol. The zero-order valence-electron chi connectivity index (χ0n) is 16.8. The summed E-state index contributed by atoms with van der Waals surface area (Å²) in [5.41, 5.74) is 0.941. The molecule has 1 aromatic carbocycles. The lowest BCUT2D eigenvalue weighted by Crippen LogP contribution is -2.44. The minimum absolute atomic E-state index is 0.0565. The number of methoxy groups -OCH3 is 1. The van der Waals surface area contributed by atoms with E-state index in [1.807, 2.05) is 20.2 Å². The van der Waals surface area contributed by atoms with E-state index in [9.17, 15) is 4.39 Å². The molecule has 26 heavy (non-hydrogen) atoms. The first-order valence-electron chi connectivity index (χ1n) is 9.01. The van der Waals surface area contributed by atoms with Crippen molar-refractivity contribution in [1.29, 1.82) is 0 Å². The van der Waals surface area contributed by atoms with E-state index in [-0.39, 0.29) is 11.9 Å². The highest BCUT2D eigenvalue weighted by Crippen LogP contribution is 2.18. The molecular formula is C19H34FN5O. The van der Waals surface area contributed by atoms with Crippen LogP contribution < -0.4 is 10.6 Å². The highest BCUT2D eigenvalue weighted by Gasteiger charge is 2.15. The Morgan fingerprint density at radius 2 is 2.00 bits per heavy atom. The van der Waals surface area contributed by atoms with Crippen LogP contribution in [0.5, 0.6) is 0 Å². The van der Waals surface area contributed by atoms with Crippen LogP contribution >= 0.6 is 0 Å². The zero-order valence-corrected chi connectivity index (χ0v) is 16.8. The highest BCUT2D eigenvalue weighted by atomic mass is 19.1. The van der Waals surface area contributed by atoms with Crippen molar-refractivity contribution >= 4 is 5.96 Å². The van der Waals surface area contributed by atoms with Crippen molar-refractivity contribution in [3.63, 3.8) is 0 Å². The van der Waals surface area contributed by atoms with Gasteiger partial charge in [0.05, 0.1) is 6.04 Å². The van der Waals surface area contributed by atoms with E-state index in [1.54, 1.807) is 26.3 Å². The van der Waals surface area contributed by atoms with Crippen molar-refractivity contribution in [2.45, 2.75) is 12.5 Å². The minimum Gasteiger partial charge on any atom is -0.385 e. The maximum atomic E-state index is 13.5. The molecule has 0 heterocycles. The number of rotatable bonds is 11. The number of hydrogen-bond donors (Lipinski definition) is 2. The fourth-order valence-electron chi connectivity index (χ4n) is 2.68. The molecule has 0 spiro atoms. The first-order chi connectivity index (χ1) is 12.5. The van der Waals surface area contributed by atoms with Crippen LogP contribution in [0.15, 0.2) is 29.3 Å². The Labute approximate surface area is 157 Å². The lowest BCUT2D eigenvalue weighted by molar-refractivity contribution is 0.180. The van der Waals surface area contributed by atoms with Crippen LogP contribution in [0.4, 0.5) is 4.39 Å². The monoisotopic (exact) mass is 367 g/mol. The topological polar surface area (TPSA) is 52.1 Å². The van der Waals surface area contributed by atoms with Gasteiger partial charge in [-0.2, -0.15) is 0 Å². The number of likely N-dealkylation sites (N-methyl/N-ethyl adjacent to an activating group) is 2. The van der Waals surface area contributed by atoms with Gasteiger partial charge >= 0.3 is 0 Å². The average molecular weight is 368 g/mol. The number of nitrogens with zero attached hydrogens (tertiary/aromatic N) is 3. The van der Waals surface area contributed by atoms with Crippen molar-refractivity contribution in [2.75, 3.05) is 68.1 Å². The van der Waals surface area contributed by atoms with Gasteiger partial charge in [-0.3, -0.25) is 4.99 Å². The Morgan fingerprint density at radius 1 is 1.23 bits per heavy atom. The first-order valence-corrected chi connectivity index (χ1v) is 9.01. The van der Waals surface area contributed by atoms with Crippen LogP contribution in [0.3, 0.4) is 0 Å². The van der Waals surface area contributed by atoms with Gasteiger partial charge in [0, 0.05) is 46.9 Å². The fourth-order valence-corrected chi connectivity index (χ4v) is 2.68. The van der Waals surface area contributed by atoms with E-state index in [0.29, 0.717) is 6.54 Å². The smallest absolute Gasteiger partial charge is 0.191 e. The molecule has 1 atom stereocenters. The van der Waals surface area contributed by atoms with Crippen LogP contribution in [0, 0.1) is 5.82 Å². The number of aliphatic imine (C=N–C) groups is 1. The number of halogens is 1. The molecule has 7 heteroatoms. The molecule has 0 saturated carbocycles. The quantitative estimate of drug-likeness (QED) is 0.353. The molecule has 0 saturated heterocycles. The summed E-state index contributed by atoms with van der Waals surface area (Å²) in [5, 5.41) is 6.65. The second-order valence-corrected chi connectivity index (χ2v) is 6.56. The zero-order chi connectivity index (χ0) is 19.4. The Kier molecular flexibility index (Phi) is 10.8. The van der Waals surface area contributed by atoms with Crippen molar-refractivity contribution in [3.05, 3.63) is 35.6 Å². The second kappa shape index (κ2) is 12.6. The number of guanidine groups is 1. The summed E-state index contributed by atoms with van der Waals surface area (Å²) in [6.07, 6.45) is 1.03. The molecule has 0 fully saturated rings. The van der Waals surface area contributed by atoms with Gasteiger partial charge in [-0.15, -0.1) is 0 Å². The predicted octanol–water partition coefficient (Wildman–Crippen LogP) is 1.56. The van der Waals surface area contributed by atoms with Crippen molar-refractivity contribution in [1.82, 2.24) is 20.4 Å². The lowest BCUT2D eigenvalue weighted by Gasteiger charge is -2.26. The van der Waals surface area contributed by atoms with Crippen molar-refractivity contribution in [3.8, 4) is 0 Å². The maximum Gasteiger partial charge on any atom is 0.191 e. The molecule has 0 aromatic heterocycles. The molecule has 1 rings (SSSR count). The molecule has 0 aliphatic rings. The van der Waals surface area contributed by atoms with E-state index < -0.39 is 0 Å². The van der Waals surface area contributed by atoms with Gasteiger partial charge < -0.3 is 25.2 Å². The molecule has 2 N–H and O–H groups in total. The second-order valence-electron chi connectivity index (χ2n) is 6.56. The summed E-state index contributed by atoms with van der Waals surface area (Å²) in [6.45, 7) is 4.15. The summed E-state index contributed by atoms with van der Waals surface area (Å²) < 4.78 is 18.6. The SMILES string of the molecule is CN=C(NCCN(C)CCCOC)NCC(c1cccc(F)c1)N(C)C. The molecule has 0 bridgehead atoms. The van der Waals surface area contributed by atoms with Gasteiger partial charge in [0.15, 0.2) is 5.96 Å². The fraction of sp³-hybridized carbons (Fsp3) is 0.632. The minimum atomic E-state index is -0.214. The van der Waals surface area contributed by atoms with Crippen molar-refractivity contribution in [2.24, 2.45) is 4.99 Å². The Morgan fingerprint density at radius 3 is 2.62 bits per heavy atom. The summed E-state index contributed by atoms with van der Waals surface area (Å²) in [4.78, 5) is 8.59. The predicted molar refractivity (Wildman–Crippen MR) is 106 cm³/mol. The van der Waals surface area contributed by atoms with E-state index in [0.717, 1.165) is 44.2 Å². The average Bonchev–Trinajstić information content (AvgIpc) is 2.60. The molecule has 148 valence electrons. The van der Waals surface area contributed by atoms with E-state index in [4.69, 9.17) is 4.74 Å². The summed E-state index contributed by atoms with van der Waals surface area (Å²) in [6, 6.07) is 6.79. The number of nitrogens with one attached hydrogen (secondary N) is 2. The van der Waals surface area contributed by atoms with Crippen LogP contribution in [0.2, 0.25) is 0 Å². The standard InChI is InChI=1S/C19H34FN5O/c1-21-19(22-10-12-25(4)11-7-13-26-5)23-15-18(24(2)3)16-8-6-9-17(20)14-16/h6,8-9,14,18H,7,10-13,15H2,1-5H3,(H2,21,22,23). The number of benzene rings is 1. The Balaban J connectivity index is 2.44. The summed E-state index contributed by atoms with van der Waals surface area (Å²) in [5.74, 6) is 0.534. The van der Waals surface area contributed by atoms with E-state index >= 15 is 0 Å². The molecule has 0 radical (unpaired) electrons. The molecule has 6 nitrogen and oxygen atoms in total. The van der Waals surface area contributed by atoms with Gasteiger partial charge in [-0.25, -0.2) is 4.39 Å². The molecule has 0 aliphatic heterocycles. The van der Waals surface area contributed by atoms with Gasteiger partial charge in [0.1, 0.15) is 5.82 Å². The van der Waals surface area contributed by atoms with Gasteiger partial charge in [0.2, 0.25) is 0 Å². The van der Waals surface area contributed by atoms with Crippen LogP contribution in [-0.2, 0) is 4.74 Å². The molecule has 1 aromatic rings. The third kappa shape index (κ3) is 8.60. The van der Waals surface area contributed by atoms with Crippen LogP contribution in [0.1, 0.15) is 18.0 Å². The summed E-state index contributed by atoms with van der Waals surface area (Å²) in [7, 11) is 9.55. The normalized spacial score (nSPS) is 13.3.